The molecule has 11 heteroatoms. The van der Waals surface area contributed by atoms with Gasteiger partial charge in [-0.15, -0.1) is 23.4 Å². The quantitative estimate of drug-likeness (QED) is 0.360. The van der Waals surface area contributed by atoms with Gasteiger partial charge in [0.15, 0.2) is 5.65 Å². The number of hydrogen-bond donors (Lipinski definition) is 1. The highest BCUT2D eigenvalue weighted by atomic mass is 32.2. The van der Waals surface area contributed by atoms with Crippen molar-refractivity contribution in [1.29, 1.82) is 0 Å². The Hall–Kier alpha value is -3.34. The fourth-order valence-electron chi connectivity index (χ4n) is 3.47. The lowest BCUT2D eigenvalue weighted by Gasteiger charge is -2.14. The molecule has 2 aromatic carbocycles. The van der Waals surface area contributed by atoms with Crippen LogP contribution < -0.4 is 10.1 Å². The molecule has 33 heavy (non-hydrogen) atoms. The van der Waals surface area contributed by atoms with Crippen LogP contribution in [-0.2, 0) is 11.3 Å². The first-order valence-corrected chi connectivity index (χ1v) is 11.1. The van der Waals surface area contributed by atoms with Gasteiger partial charge < -0.3 is 14.6 Å². The molecule has 7 nitrogen and oxygen atoms in total. The monoisotopic (exact) mass is 475 g/mol. The lowest BCUT2D eigenvalue weighted by atomic mass is 10.2. The second-order valence-corrected chi connectivity index (χ2v) is 8.27. The normalized spacial score (nSPS) is 12.8. The van der Waals surface area contributed by atoms with Gasteiger partial charge in [-0.25, -0.2) is 4.98 Å². The molecule has 2 heterocycles. The number of nitrogens with zero attached hydrogens (tertiary/aromatic N) is 4. The van der Waals surface area contributed by atoms with E-state index in [0.29, 0.717) is 35.0 Å². The van der Waals surface area contributed by atoms with Crippen molar-refractivity contribution in [2.24, 2.45) is 0 Å². The van der Waals surface area contributed by atoms with Crippen LogP contribution in [0.15, 0.2) is 53.7 Å². The molecule has 172 valence electrons. The first kappa shape index (κ1) is 22.8. The van der Waals surface area contributed by atoms with E-state index in [2.05, 4.69) is 29.8 Å². The maximum absolute atomic E-state index is 12.8. The van der Waals surface area contributed by atoms with Crippen molar-refractivity contribution in [3.8, 4) is 5.75 Å². The number of benzene rings is 2. The van der Waals surface area contributed by atoms with Gasteiger partial charge in [0.05, 0.1) is 10.8 Å². The largest absolute Gasteiger partial charge is 0.573 e. The van der Waals surface area contributed by atoms with Gasteiger partial charge in [-0.3, -0.25) is 4.79 Å². The maximum Gasteiger partial charge on any atom is 0.573 e. The number of carbonyl (C=O) groups is 1. The van der Waals surface area contributed by atoms with Gasteiger partial charge >= 0.3 is 6.36 Å². The van der Waals surface area contributed by atoms with Crippen LogP contribution in [0, 0.1) is 0 Å². The second-order valence-electron chi connectivity index (χ2n) is 7.10. The summed E-state index contributed by atoms with van der Waals surface area (Å²) in [5.74, 6) is -0.673. The number of fused-ring (bicyclic) bond motifs is 3. The van der Waals surface area contributed by atoms with Crippen molar-refractivity contribution >= 4 is 45.4 Å². The van der Waals surface area contributed by atoms with E-state index < -0.39 is 11.6 Å². The number of anilines is 1. The van der Waals surface area contributed by atoms with Crippen LogP contribution in [0.1, 0.15) is 20.3 Å². The summed E-state index contributed by atoms with van der Waals surface area (Å²) in [6, 6.07) is 12.8. The average Bonchev–Trinajstić information content (AvgIpc) is 3.10. The molecular weight excluding hydrogens is 455 g/mol. The molecular formula is C22H20F3N5O2S. The van der Waals surface area contributed by atoms with E-state index in [1.807, 2.05) is 38.1 Å². The third-order valence-corrected chi connectivity index (χ3v) is 6.15. The van der Waals surface area contributed by atoms with Gasteiger partial charge in [0.25, 0.3) is 0 Å². The van der Waals surface area contributed by atoms with Crippen LogP contribution in [0.5, 0.6) is 5.75 Å². The van der Waals surface area contributed by atoms with Gasteiger partial charge in [-0.2, -0.15) is 0 Å². The van der Waals surface area contributed by atoms with Gasteiger partial charge in [-0.1, -0.05) is 36.9 Å². The van der Waals surface area contributed by atoms with E-state index in [0.717, 1.165) is 23.0 Å². The first-order valence-electron chi connectivity index (χ1n) is 10.2. The standard InChI is InChI=1S/C22H20F3N5O2S/c1-3-17(20(31)26-13-9-11-14(12-10-13)32-22(23,24)25)33-21-27-19-18(28-29-21)15-7-5-6-8-16(15)30(19)4-2/h5-12,17H,3-4H2,1-2H3,(H,26,31)/t17-/m1/s1. The highest BCUT2D eigenvalue weighted by molar-refractivity contribution is 8.00. The lowest BCUT2D eigenvalue weighted by molar-refractivity contribution is -0.274. The summed E-state index contributed by atoms with van der Waals surface area (Å²) in [5.41, 5.74) is 2.78. The number of aromatic nitrogens is 4. The first-order chi connectivity index (χ1) is 15.8. The van der Waals surface area contributed by atoms with Crippen LogP contribution >= 0.6 is 11.8 Å². The predicted octanol–water partition coefficient (Wildman–Crippen LogP) is 5.41. The van der Waals surface area contributed by atoms with E-state index in [4.69, 9.17) is 0 Å². The molecule has 4 aromatic rings. The number of thioether (sulfide) groups is 1. The minimum Gasteiger partial charge on any atom is -0.406 e. The van der Waals surface area contributed by atoms with E-state index >= 15 is 0 Å². The summed E-state index contributed by atoms with van der Waals surface area (Å²) in [6.45, 7) is 4.58. The zero-order chi connectivity index (χ0) is 23.6. The zero-order valence-corrected chi connectivity index (χ0v) is 18.6. The minimum absolute atomic E-state index is 0.313. The summed E-state index contributed by atoms with van der Waals surface area (Å²) in [6.07, 6.45) is -4.28. The summed E-state index contributed by atoms with van der Waals surface area (Å²) < 4.78 is 42.8. The third-order valence-electron chi connectivity index (χ3n) is 4.94. The Morgan fingerprint density at radius 3 is 2.52 bits per heavy atom. The number of rotatable bonds is 7. The van der Waals surface area contributed by atoms with Crippen LogP contribution in [0.4, 0.5) is 18.9 Å². The maximum atomic E-state index is 12.8. The molecule has 0 aliphatic heterocycles. The summed E-state index contributed by atoms with van der Waals surface area (Å²) in [7, 11) is 0. The van der Waals surface area contributed by atoms with E-state index in [1.54, 1.807) is 0 Å². The van der Waals surface area contributed by atoms with Gasteiger partial charge in [-0.05, 0) is 43.7 Å². The highest BCUT2D eigenvalue weighted by Gasteiger charge is 2.31. The molecule has 0 bridgehead atoms. The smallest absolute Gasteiger partial charge is 0.406 e. The zero-order valence-electron chi connectivity index (χ0n) is 17.8. The number of alkyl halides is 3. The highest BCUT2D eigenvalue weighted by Crippen LogP contribution is 2.29. The molecule has 1 atom stereocenters. The number of para-hydroxylation sites is 1. The molecule has 0 radical (unpaired) electrons. The Morgan fingerprint density at radius 2 is 1.85 bits per heavy atom. The number of hydrogen-bond acceptors (Lipinski definition) is 6. The number of aryl methyl sites for hydroxylation is 1. The SMILES string of the molecule is CC[C@@H](Sc1nnc2c3ccccc3n(CC)c2n1)C(=O)Nc1ccc(OC(F)(F)F)cc1. The van der Waals surface area contributed by atoms with E-state index in [-0.39, 0.29) is 11.7 Å². The van der Waals surface area contributed by atoms with Crippen LogP contribution in [0.2, 0.25) is 0 Å². The van der Waals surface area contributed by atoms with E-state index in [1.165, 1.54) is 23.9 Å². The Labute approximate surface area is 191 Å². The fraction of sp³-hybridized carbons (Fsp3) is 0.273. The van der Waals surface area contributed by atoms with E-state index in [9.17, 15) is 18.0 Å². The molecule has 0 fully saturated rings. The minimum atomic E-state index is -4.77. The molecule has 0 unspecified atom stereocenters. The molecule has 0 spiro atoms. The van der Waals surface area contributed by atoms with Crippen molar-refractivity contribution in [2.45, 2.75) is 43.6 Å². The number of carbonyl (C=O) groups excluding carboxylic acids is 1. The van der Waals surface area contributed by atoms with Crippen molar-refractivity contribution in [1.82, 2.24) is 19.7 Å². The molecule has 0 saturated carbocycles. The third kappa shape index (κ3) is 5.03. The Bertz CT molecular complexity index is 1290. The number of halogens is 3. The number of ether oxygens (including phenoxy) is 1. The summed E-state index contributed by atoms with van der Waals surface area (Å²) >= 11 is 1.19. The fourth-order valence-corrected chi connectivity index (χ4v) is 4.29. The molecule has 1 N–H and O–H groups in total. The molecule has 0 aliphatic carbocycles. The Balaban J connectivity index is 1.51. The predicted molar refractivity (Wildman–Crippen MR) is 120 cm³/mol. The average molecular weight is 475 g/mol. The van der Waals surface area contributed by atoms with Gasteiger partial charge in [0, 0.05) is 17.6 Å². The van der Waals surface area contributed by atoms with Crippen LogP contribution in [-0.4, -0.2) is 37.3 Å². The van der Waals surface area contributed by atoms with Crippen LogP contribution in [0.3, 0.4) is 0 Å². The number of nitrogens with one attached hydrogen (secondary N) is 1. The topological polar surface area (TPSA) is 81.9 Å². The molecule has 0 aliphatic rings. The van der Waals surface area contributed by atoms with Crippen molar-refractivity contribution in [3.05, 3.63) is 48.5 Å². The molecule has 1 amide bonds. The molecule has 2 aromatic heterocycles. The summed E-state index contributed by atoms with van der Waals surface area (Å²) in [5, 5.41) is 12.1. The van der Waals surface area contributed by atoms with Gasteiger partial charge in [0.1, 0.15) is 11.3 Å². The van der Waals surface area contributed by atoms with Gasteiger partial charge in [0.2, 0.25) is 11.1 Å². The molecule has 0 saturated heterocycles. The summed E-state index contributed by atoms with van der Waals surface area (Å²) in [4.78, 5) is 17.4. The van der Waals surface area contributed by atoms with Crippen molar-refractivity contribution in [2.75, 3.05) is 5.32 Å². The lowest BCUT2D eigenvalue weighted by Crippen LogP contribution is -2.25. The Morgan fingerprint density at radius 1 is 1.12 bits per heavy atom. The van der Waals surface area contributed by atoms with Crippen molar-refractivity contribution in [3.63, 3.8) is 0 Å². The van der Waals surface area contributed by atoms with Crippen molar-refractivity contribution < 1.29 is 22.7 Å². The second kappa shape index (κ2) is 9.26. The van der Waals surface area contributed by atoms with Crippen LogP contribution in [0.25, 0.3) is 22.1 Å². The molecule has 4 rings (SSSR count). The Kier molecular flexibility index (Phi) is 6.41. The number of amides is 1.